The van der Waals surface area contributed by atoms with Crippen LogP contribution < -0.4 is 20.6 Å². The quantitative estimate of drug-likeness (QED) is 0.0836. The van der Waals surface area contributed by atoms with Crippen LogP contribution in [0.5, 0.6) is 11.8 Å². The molecule has 0 aliphatic heterocycles. The third-order valence-electron chi connectivity index (χ3n) is 7.66. The summed E-state index contributed by atoms with van der Waals surface area (Å²) in [6, 6.07) is 36.4. The third-order valence-corrected chi connectivity index (χ3v) is 8.95. The molecule has 52 heavy (non-hydrogen) atoms. The highest BCUT2D eigenvalue weighted by Gasteiger charge is 2.11. The summed E-state index contributed by atoms with van der Waals surface area (Å²) in [4.78, 5) is 57.3. The van der Waals surface area contributed by atoms with Crippen molar-refractivity contribution in [1.82, 2.24) is 19.1 Å². The predicted octanol–water partition coefficient (Wildman–Crippen LogP) is 7.20. The number of benzene rings is 4. The van der Waals surface area contributed by atoms with Gasteiger partial charge in [0.1, 0.15) is 25.9 Å². The largest absolute Gasteiger partial charge is 0.473 e. The molecule has 12 heteroatoms. The van der Waals surface area contributed by atoms with Crippen molar-refractivity contribution in [2.75, 3.05) is 0 Å². The minimum atomic E-state index is -0.325. The molecule has 0 spiro atoms. The molecule has 0 atom stereocenters. The SMILES string of the molecule is O=C(Cn1cnc(OCc2ccccc2)cc1=O)c1ccc(CBr)cc1.O=C(Cn1cnc(OCc2ccccc2)cc1=O)c1ccc(CBr)cc1. The molecule has 0 fully saturated rings. The summed E-state index contributed by atoms with van der Waals surface area (Å²) in [6.07, 6.45) is 2.68. The average Bonchev–Trinajstić information content (AvgIpc) is 3.19. The number of rotatable bonds is 14. The summed E-state index contributed by atoms with van der Waals surface area (Å²) in [5.74, 6) is 0.189. The van der Waals surface area contributed by atoms with Gasteiger partial charge >= 0.3 is 0 Å². The first-order valence-electron chi connectivity index (χ1n) is 16.1. The van der Waals surface area contributed by atoms with Crippen molar-refractivity contribution in [2.24, 2.45) is 0 Å². The molecule has 2 aromatic heterocycles. The van der Waals surface area contributed by atoms with Crippen molar-refractivity contribution in [1.29, 1.82) is 0 Å². The second-order valence-electron chi connectivity index (χ2n) is 11.4. The molecule has 0 aliphatic carbocycles. The molecule has 0 N–H and O–H groups in total. The molecule has 4 aromatic carbocycles. The highest BCUT2D eigenvalue weighted by Crippen LogP contribution is 2.12. The number of ether oxygens (including phenoxy) is 2. The molecule has 0 bridgehead atoms. The van der Waals surface area contributed by atoms with Gasteiger partial charge in [-0.3, -0.25) is 28.3 Å². The Morgan fingerprint density at radius 1 is 0.519 bits per heavy atom. The lowest BCUT2D eigenvalue weighted by atomic mass is 10.1. The zero-order chi connectivity index (χ0) is 36.7. The highest BCUT2D eigenvalue weighted by atomic mass is 79.9. The van der Waals surface area contributed by atoms with Crippen LogP contribution in [-0.4, -0.2) is 30.7 Å². The van der Waals surface area contributed by atoms with Gasteiger partial charge in [0.05, 0.1) is 25.2 Å². The van der Waals surface area contributed by atoms with Crippen molar-refractivity contribution in [3.8, 4) is 11.8 Å². The standard InChI is InChI=1S/2C20H17BrN2O3/c2*21-11-15-6-8-17(9-7-15)18(24)12-23-14-22-19(10-20(23)25)26-13-16-4-2-1-3-5-16/h2*1-10,14H,11-13H2. The minimum Gasteiger partial charge on any atom is -0.473 e. The molecule has 264 valence electrons. The number of carbonyl (C=O) groups is 2. The molecule has 0 saturated carbocycles. The zero-order valence-electron chi connectivity index (χ0n) is 27.9. The number of aromatic nitrogens is 4. The van der Waals surface area contributed by atoms with Crippen LogP contribution in [0.2, 0.25) is 0 Å². The fraction of sp³-hybridized carbons (Fsp3) is 0.150. The van der Waals surface area contributed by atoms with Crippen LogP contribution in [-0.2, 0) is 37.0 Å². The maximum Gasteiger partial charge on any atom is 0.257 e. The van der Waals surface area contributed by atoms with Gasteiger partial charge in [-0.25, -0.2) is 9.97 Å². The van der Waals surface area contributed by atoms with Crippen molar-refractivity contribution in [3.63, 3.8) is 0 Å². The Kier molecular flexibility index (Phi) is 14.0. The maximum absolute atomic E-state index is 12.3. The predicted molar refractivity (Wildman–Crippen MR) is 205 cm³/mol. The molecule has 0 unspecified atom stereocenters. The smallest absolute Gasteiger partial charge is 0.257 e. The number of hydrogen-bond donors (Lipinski definition) is 0. The van der Waals surface area contributed by atoms with Crippen LogP contribution in [0, 0.1) is 0 Å². The average molecular weight is 827 g/mol. The number of alkyl halides is 2. The van der Waals surface area contributed by atoms with Gasteiger partial charge in [-0.15, -0.1) is 0 Å². The third kappa shape index (κ3) is 11.3. The van der Waals surface area contributed by atoms with Crippen molar-refractivity contribution < 1.29 is 19.1 Å². The van der Waals surface area contributed by atoms with Crippen LogP contribution in [0.4, 0.5) is 0 Å². The highest BCUT2D eigenvalue weighted by molar-refractivity contribution is 9.08. The van der Waals surface area contributed by atoms with Gasteiger partial charge in [0.25, 0.3) is 11.1 Å². The first kappa shape index (κ1) is 37.8. The van der Waals surface area contributed by atoms with E-state index in [4.69, 9.17) is 9.47 Å². The lowest BCUT2D eigenvalue weighted by Crippen LogP contribution is -2.24. The molecule has 0 amide bonds. The van der Waals surface area contributed by atoms with Crippen molar-refractivity contribution in [2.45, 2.75) is 37.0 Å². The maximum atomic E-state index is 12.3. The molecule has 6 rings (SSSR count). The van der Waals surface area contributed by atoms with E-state index in [1.165, 1.54) is 33.9 Å². The van der Waals surface area contributed by atoms with E-state index in [-0.39, 0.29) is 47.5 Å². The second kappa shape index (κ2) is 19.2. The normalized spacial score (nSPS) is 10.5. The van der Waals surface area contributed by atoms with E-state index in [9.17, 15) is 19.2 Å². The van der Waals surface area contributed by atoms with Crippen molar-refractivity contribution in [3.05, 3.63) is 188 Å². The van der Waals surface area contributed by atoms with Crippen LogP contribution in [0.1, 0.15) is 43.0 Å². The Morgan fingerprint density at radius 3 is 1.21 bits per heavy atom. The van der Waals surface area contributed by atoms with Crippen LogP contribution in [0.15, 0.2) is 144 Å². The van der Waals surface area contributed by atoms with Crippen LogP contribution in [0.25, 0.3) is 0 Å². The Hall–Kier alpha value is -5.46. The summed E-state index contributed by atoms with van der Waals surface area (Å²) >= 11 is 6.73. The number of carbonyl (C=O) groups excluding carboxylic acids is 2. The second-order valence-corrected chi connectivity index (χ2v) is 12.6. The Morgan fingerprint density at radius 2 is 0.885 bits per heavy atom. The van der Waals surface area contributed by atoms with E-state index < -0.39 is 0 Å². The Labute approximate surface area is 317 Å². The van der Waals surface area contributed by atoms with E-state index in [0.717, 1.165) is 32.9 Å². The monoisotopic (exact) mass is 824 g/mol. The van der Waals surface area contributed by atoms with E-state index in [1.807, 2.05) is 84.9 Å². The fourth-order valence-electron chi connectivity index (χ4n) is 4.73. The number of nitrogens with zero attached hydrogens (tertiary/aromatic N) is 4. The van der Waals surface area contributed by atoms with Crippen molar-refractivity contribution >= 4 is 43.4 Å². The molecule has 0 radical (unpaired) electrons. The molecule has 2 heterocycles. The van der Waals surface area contributed by atoms with Gasteiger partial charge in [-0.2, -0.15) is 0 Å². The van der Waals surface area contributed by atoms with Gasteiger partial charge in [-0.1, -0.05) is 141 Å². The number of ketones is 2. The molecule has 10 nitrogen and oxygen atoms in total. The summed E-state index contributed by atoms with van der Waals surface area (Å²) in [5.41, 5.74) is 4.61. The fourth-order valence-corrected chi connectivity index (χ4v) is 5.48. The first-order chi connectivity index (χ1) is 25.3. The zero-order valence-corrected chi connectivity index (χ0v) is 31.1. The summed E-state index contributed by atoms with van der Waals surface area (Å²) in [6.45, 7) is 0.545. The minimum absolute atomic E-state index is 0.0571. The van der Waals surface area contributed by atoms with Crippen LogP contribution in [0.3, 0.4) is 0 Å². The molecule has 0 saturated heterocycles. The van der Waals surface area contributed by atoms with E-state index >= 15 is 0 Å². The molecular formula is C40H34Br2N4O6. The molecule has 6 aromatic rings. The summed E-state index contributed by atoms with van der Waals surface area (Å²) in [7, 11) is 0. The topological polar surface area (TPSA) is 122 Å². The number of Topliss-reactive ketones (excluding diaryl/α,β-unsaturated/α-hetero) is 2. The van der Waals surface area contributed by atoms with E-state index in [2.05, 4.69) is 41.8 Å². The Balaban J connectivity index is 0.000000201. The van der Waals surface area contributed by atoms with Gasteiger partial charge < -0.3 is 9.47 Å². The van der Waals surface area contributed by atoms with Gasteiger partial charge in [0.15, 0.2) is 11.6 Å². The molecule has 0 aliphatic rings. The number of halogens is 2. The van der Waals surface area contributed by atoms with Crippen LogP contribution >= 0.6 is 31.9 Å². The van der Waals surface area contributed by atoms with E-state index in [1.54, 1.807) is 24.3 Å². The van der Waals surface area contributed by atoms with Gasteiger partial charge in [0, 0.05) is 21.8 Å². The summed E-state index contributed by atoms with van der Waals surface area (Å²) < 4.78 is 13.6. The molecular weight excluding hydrogens is 792 g/mol. The Bertz CT molecular complexity index is 2030. The summed E-state index contributed by atoms with van der Waals surface area (Å²) in [5, 5.41) is 1.46. The lowest BCUT2D eigenvalue weighted by molar-refractivity contribution is 0.0962. The van der Waals surface area contributed by atoms with E-state index in [0.29, 0.717) is 24.3 Å². The lowest BCUT2D eigenvalue weighted by Gasteiger charge is -2.08. The van der Waals surface area contributed by atoms with Gasteiger partial charge in [0.2, 0.25) is 11.8 Å². The van der Waals surface area contributed by atoms with Gasteiger partial charge in [-0.05, 0) is 22.3 Å². The number of hydrogen-bond acceptors (Lipinski definition) is 8. The first-order valence-corrected chi connectivity index (χ1v) is 18.4.